The number of fused-ring (bicyclic) bond motifs is 3. The highest BCUT2D eigenvalue weighted by Gasteiger charge is 2.43. The fraction of sp³-hybridized carbons (Fsp3) is 0.593. The summed E-state index contributed by atoms with van der Waals surface area (Å²) < 4.78 is 21.1. The van der Waals surface area contributed by atoms with Gasteiger partial charge in [0, 0.05) is 31.6 Å². The number of ether oxygens (including phenoxy) is 1. The number of amides is 1. The highest BCUT2D eigenvalue weighted by atomic mass is 19.1. The molecule has 2 aromatic rings. The van der Waals surface area contributed by atoms with E-state index in [1.807, 2.05) is 6.07 Å². The SMILES string of the molecule is COC(=O)C1CCc2nc(C)n([C@H]3C[C@H]4CC[C@@H](C3)N4CC[C@H](NC(C)=O)c3cccc(F)c3)c2N1. The van der Waals surface area contributed by atoms with Crippen LogP contribution in [0.4, 0.5) is 10.2 Å². The lowest BCUT2D eigenvalue weighted by atomic mass is 9.95. The Kier molecular flexibility index (Phi) is 7.01. The van der Waals surface area contributed by atoms with Gasteiger partial charge in [0.2, 0.25) is 5.91 Å². The Morgan fingerprint density at radius 3 is 2.64 bits per heavy atom. The molecule has 9 heteroatoms. The van der Waals surface area contributed by atoms with Crippen molar-refractivity contribution in [3.8, 4) is 0 Å². The molecule has 3 aliphatic heterocycles. The topological polar surface area (TPSA) is 88.5 Å². The monoisotopic (exact) mass is 497 g/mol. The van der Waals surface area contributed by atoms with E-state index >= 15 is 0 Å². The van der Waals surface area contributed by atoms with E-state index in [9.17, 15) is 14.0 Å². The Bertz CT molecular complexity index is 1120. The number of aromatic nitrogens is 2. The van der Waals surface area contributed by atoms with Gasteiger partial charge in [-0.1, -0.05) is 12.1 Å². The zero-order valence-corrected chi connectivity index (χ0v) is 21.3. The molecule has 0 spiro atoms. The molecule has 1 amide bonds. The van der Waals surface area contributed by atoms with Crippen LogP contribution >= 0.6 is 0 Å². The number of esters is 1. The molecule has 1 unspecified atom stereocenters. The highest BCUT2D eigenvalue weighted by Crippen LogP contribution is 2.44. The van der Waals surface area contributed by atoms with Crippen molar-refractivity contribution in [2.75, 3.05) is 19.0 Å². The third-order valence-corrected chi connectivity index (χ3v) is 8.16. The second-order valence-corrected chi connectivity index (χ2v) is 10.4. The van der Waals surface area contributed by atoms with E-state index in [-0.39, 0.29) is 29.8 Å². The number of aryl methyl sites for hydroxylation is 2. The average molecular weight is 498 g/mol. The zero-order chi connectivity index (χ0) is 25.4. The molecule has 0 saturated carbocycles. The van der Waals surface area contributed by atoms with Crippen molar-refractivity contribution >= 4 is 17.7 Å². The van der Waals surface area contributed by atoms with E-state index in [0.29, 0.717) is 24.5 Å². The number of methoxy groups -OCH3 is 1. The molecule has 4 heterocycles. The van der Waals surface area contributed by atoms with Gasteiger partial charge in [-0.25, -0.2) is 14.2 Å². The molecule has 0 radical (unpaired) electrons. The van der Waals surface area contributed by atoms with Crippen LogP contribution in [0.2, 0.25) is 0 Å². The molecule has 0 aliphatic carbocycles. The normalized spacial score (nSPS) is 26.1. The van der Waals surface area contributed by atoms with Crippen LogP contribution in [0.5, 0.6) is 0 Å². The lowest BCUT2D eigenvalue weighted by Gasteiger charge is -2.41. The molecule has 2 fully saturated rings. The molecule has 1 aromatic heterocycles. The third kappa shape index (κ3) is 4.85. The van der Waals surface area contributed by atoms with Gasteiger partial charge in [0.25, 0.3) is 0 Å². The van der Waals surface area contributed by atoms with Crippen molar-refractivity contribution in [1.29, 1.82) is 0 Å². The van der Waals surface area contributed by atoms with Crippen LogP contribution in [0.3, 0.4) is 0 Å². The van der Waals surface area contributed by atoms with Crippen molar-refractivity contribution in [2.24, 2.45) is 0 Å². The number of rotatable bonds is 7. The second kappa shape index (κ2) is 10.2. The first kappa shape index (κ1) is 24.7. The van der Waals surface area contributed by atoms with Crippen LogP contribution in [0.25, 0.3) is 0 Å². The Morgan fingerprint density at radius 1 is 1.22 bits per heavy atom. The fourth-order valence-electron chi connectivity index (χ4n) is 6.60. The zero-order valence-electron chi connectivity index (χ0n) is 21.3. The van der Waals surface area contributed by atoms with E-state index in [2.05, 4.69) is 27.0 Å². The van der Waals surface area contributed by atoms with Gasteiger partial charge in [0.1, 0.15) is 23.5 Å². The molecule has 2 N–H and O–H groups in total. The number of hydrogen-bond donors (Lipinski definition) is 2. The number of anilines is 1. The van der Waals surface area contributed by atoms with Crippen LogP contribution in [-0.2, 0) is 20.7 Å². The van der Waals surface area contributed by atoms with E-state index in [4.69, 9.17) is 9.72 Å². The number of nitrogens with one attached hydrogen (secondary N) is 2. The minimum atomic E-state index is -0.331. The average Bonchev–Trinajstić information content (AvgIpc) is 3.30. The van der Waals surface area contributed by atoms with Crippen molar-refractivity contribution in [3.63, 3.8) is 0 Å². The summed E-state index contributed by atoms with van der Waals surface area (Å²) in [6.07, 6.45) is 6.56. The van der Waals surface area contributed by atoms with Gasteiger partial charge in [-0.15, -0.1) is 0 Å². The lowest BCUT2D eigenvalue weighted by Crippen LogP contribution is -2.45. The predicted molar refractivity (Wildman–Crippen MR) is 134 cm³/mol. The minimum absolute atomic E-state index is 0.107. The maximum atomic E-state index is 13.9. The number of nitrogens with zero attached hydrogens (tertiary/aromatic N) is 3. The van der Waals surface area contributed by atoms with Crippen molar-refractivity contribution < 1.29 is 18.7 Å². The number of benzene rings is 1. The first-order valence-electron chi connectivity index (χ1n) is 13.0. The summed E-state index contributed by atoms with van der Waals surface area (Å²) in [6, 6.07) is 7.22. The Hall–Kier alpha value is -2.94. The summed E-state index contributed by atoms with van der Waals surface area (Å²) in [4.78, 5) is 31.4. The molecule has 5 rings (SSSR count). The van der Waals surface area contributed by atoms with Crippen LogP contribution in [-0.4, -0.2) is 58.1 Å². The van der Waals surface area contributed by atoms with Crippen LogP contribution in [0.1, 0.15) is 74.6 Å². The molecule has 2 saturated heterocycles. The second-order valence-electron chi connectivity index (χ2n) is 10.4. The fourth-order valence-corrected chi connectivity index (χ4v) is 6.60. The number of carbonyl (C=O) groups is 2. The van der Waals surface area contributed by atoms with Crippen molar-refractivity contribution in [1.82, 2.24) is 19.8 Å². The summed E-state index contributed by atoms with van der Waals surface area (Å²) in [5.41, 5.74) is 1.84. The van der Waals surface area contributed by atoms with Gasteiger partial charge in [-0.2, -0.15) is 0 Å². The molecular formula is C27H36FN5O3. The molecule has 5 atom stereocenters. The molecule has 1 aromatic carbocycles. The number of hydrogen-bond acceptors (Lipinski definition) is 6. The maximum Gasteiger partial charge on any atom is 0.328 e. The van der Waals surface area contributed by atoms with Crippen molar-refractivity contribution in [2.45, 2.75) is 89.0 Å². The smallest absolute Gasteiger partial charge is 0.328 e. The largest absolute Gasteiger partial charge is 0.467 e. The maximum absolute atomic E-state index is 13.9. The van der Waals surface area contributed by atoms with Gasteiger partial charge < -0.3 is 19.9 Å². The molecule has 3 aliphatic rings. The Labute approximate surface area is 211 Å². The Balaban J connectivity index is 1.28. The molecule has 194 valence electrons. The summed E-state index contributed by atoms with van der Waals surface area (Å²) in [6.45, 7) is 4.42. The summed E-state index contributed by atoms with van der Waals surface area (Å²) in [5, 5.41) is 6.43. The number of piperidine rings is 1. The standard InChI is InChI=1S/C27H36FN5O3/c1-16-29-24-9-10-25(27(35)36-3)31-26(24)33(16)22-14-20-7-8-21(15-22)32(20)12-11-23(30-17(2)34)18-5-4-6-19(28)13-18/h4-6,13,20-23,25,31H,7-12,14-15H2,1-3H3,(H,30,34)/t20-,21+,22+,23-,25?/m0/s1. The highest BCUT2D eigenvalue weighted by molar-refractivity contribution is 5.80. The minimum Gasteiger partial charge on any atom is -0.467 e. The van der Waals surface area contributed by atoms with Crippen molar-refractivity contribution in [3.05, 3.63) is 47.2 Å². The van der Waals surface area contributed by atoms with E-state index in [1.165, 1.54) is 26.2 Å². The quantitative estimate of drug-likeness (QED) is 0.568. The lowest BCUT2D eigenvalue weighted by molar-refractivity contribution is -0.141. The first-order valence-corrected chi connectivity index (χ1v) is 13.0. The number of carbonyl (C=O) groups excluding carboxylic acids is 2. The number of imidazole rings is 1. The summed E-state index contributed by atoms with van der Waals surface area (Å²) in [7, 11) is 1.43. The first-order chi connectivity index (χ1) is 17.3. The third-order valence-electron chi connectivity index (χ3n) is 8.16. The molecule has 36 heavy (non-hydrogen) atoms. The van der Waals surface area contributed by atoms with Crippen LogP contribution in [0, 0.1) is 12.7 Å². The van der Waals surface area contributed by atoms with Gasteiger partial charge in [0.15, 0.2) is 0 Å². The van der Waals surface area contributed by atoms with E-state index < -0.39 is 0 Å². The van der Waals surface area contributed by atoms with E-state index in [1.54, 1.807) is 6.07 Å². The van der Waals surface area contributed by atoms with Gasteiger partial charge in [-0.3, -0.25) is 9.69 Å². The van der Waals surface area contributed by atoms with Gasteiger partial charge in [-0.05, 0) is 69.6 Å². The van der Waals surface area contributed by atoms with Gasteiger partial charge in [0.05, 0.1) is 18.8 Å². The summed E-state index contributed by atoms with van der Waals surface area (Å²) >= 11 is 0. The summed E-state index contributed by atoms with van der Waals surface area (Å²) in [5.74, 6) is 1.35. The van der Waals surface area contributed by atoms with Crippen LogP contribution in [0.15, 0.2) is 24.3 Å². The van der Waals surface area contributed by atoms with E-state index in [0.717, 1.165) is 68.0 Å². The Morgan fingerprint density at radius 2 is 1.97 bits per heavy atom. The van der Waals surface area contributed by atoms with Crippen LogP contribution < -0.4 is 10.6 Å². The van der Waals surface area contributed by atoms with Gasteiger partial charge >= 0.3 is 5.97 Å². The predicted octanol–water partition coefficient (Wildman–Crippen LogP) is 3.67. The molecular weight excluding hydrogens is 461 g/mol. The number of halogens is 1. The molecule has 2 bridgehead atoms. The molecule has 8 nitrogen and oxygen atoms in total.